The van der Waals surface area contributed by atoms with Gasteiger partial charge < -0.3 is 5.73 Å². The average molecular weight is 206 g/mol. The number of nitrogens with zero attached hydrogens (tertiary/aromatic N) is 1. The molecule has 1 aromatic heterocycles. The third-order valence-corrected chi connectivity index (χ3v) is 3.00. The molecule has 0 aliphatic rings. The minimum Gasteiger partial charge on any atom is -0.391 e. The third-order valence-electron chi connectivity index (χ3n) is 1.95. The van der Waals surface area contributed by atoms with Gasteiger partial charge in [-0.1, -0.05) is 0 Å². The summed E-state index contributed by atoms with van der Waals surface area (Å²) in [6, 6.07) is 6.56. The Morgan fingerprint density at radius 1 is 1.43 bits per heavy atom. The topological polar surface area (TPSA) is 49.8 Å². The molecule has 2 nitrogen and oxygen atoms in total. The van der Waals surface area contributed by atoms with E-state index in [9.17, 15) is 4.39 Å². The number of anilines is 1. The number of benzene rings is 1. The van der Waals surface area contributed by atoms with E-state index in [1.54, 1.807) is 6.07 Å². The van der Waals surface area contributed by atoms with Crippen LogP contribution in [0.25, 0.3) is 10.1 Å². The molecule has 0 spiro atoms. The molecule has 0 aliphatic carbocycles. The van der Waals surface area contributed by atoms with Crippen LogP contribution in [-0.2, 0) is 6.42 Å². The molecule has 1 heterocycles. The third kappa shape index (κ3) is 1.42. The number of halogens is 1. The summed E-state index contributed by atoms with van der Waals surface area (Å²) in [4.78, 5) is 0. The molecule has 14 heavy (non-hydrogen) atoms. The van der Waals surface area contributed by atoms with Gasteiger partial charge in [0.1, 0.15) is 5.82 Å². The van der Waals surface area contributed by atoms with Crippen LogP contribution >= 0.6 is 11.3 Å². The summed E-state index contributed by atoms with van der Waals surface area (Å²) >= 11 is 1.39. The van der Waals surface area contributed by atoms with Crippen molar-refractivity contribution in [3.63, 3.8) is 0 Å². The first kappa shape index (κ1) is 8.97. The van der Waals surface area contributed by atoms with Crippen molar-refractivity contribution in [1.29, 1.82) is 5.26 Å². The maximum atomic E-state index is 13.1. The molecule has 0 radical (unpaired) electrons. The molecule has 0 amide bonds. The summed E-state index contributed by atoms with van der Waals surface area (Å²) < 4.78 is 14.0. The van der Waals surface area contributed by atoms with Gasteiger partial charge in [0.25, 0.3) is 0 Å². The van der Waals surface area contributed by atoms with Crippen LogP contribution < -0.4 is 5.73 Å². The van der Waals surface area contributed by atoms with Gasteiger partial charge in [-0.25, -0.2) is 4.39 Å². The van der Waals surface area contributed by atoms with Crippen molar-refractivity contribution in [3.8, 4) is 6.07 Å². The van der Waals surface area contributed by atoms with Crippen molar-refractivity contribution in [2.75, 3.05) is 5.73 Å². The number of thiophene rings is 1. The smallest absolute Gasteiger partial charge is 0.124 e. The zero-order valence-electron chi connectivity index (χ0n) is 7.25. The molecule has 2 N–H and O–H groups in total. The molecule has 0 saturated heterocycles. The quantitative estimate of drug-likeness (QED) is 0.779. The lowest BCUT2D eigenvalue weighted by Crippen LogP contribution is -1.83. The highest BCUT2D eigenvalue weighted by Crippen LogP contribution is 2.31. The van der Waals surface area contributed by atoms with Gasteiger partial charge >= 0.3 is 0 Å². The Kier molecular flexibility index (Phi) is 2.10. The van der Waals surface area contributed by atoms with Crippen molar-refractivity contribution >= 4 is 26.4 Å². The number of fused-ring (bicyclic) bond motifs is 1. The first-order valence-electron chi connectivity index (χ1n) is 4.05. The number of hydrogen-bond donors (Lipinski definition) is 1. The van der Waals surface area contributed by atoms with Gasteiger partial charge in [0.15, 0.2) is 0 Å². The molecule has 2 rings (SSSR count). The molecular weight excluding hydrogens is 199 g/mol. The van der Waals surface area contributed by atoms with Crippen LogP contribution in [0.2, 0.25) is 0 Å². The molecule has 0 bridgehead atoms. The normalized spacial score (nSPS) is 10.3. The van der Waals surface area contributed by atoms with E-state index >= 15 is 0 Å². The predicted octanol–water partition coefficient (Wildman–Crippen LogP) is 2.69. The van der Waals surface area contributed by atoms with Crippen LogP contribution in [0.3, 0.4) is 0 Å². The van der Waals surface area contributed by atoms with Gasteiger partial charge in [0.2, 0.25) is 0 Å². The van der Waals surface area contributed by atoms with Gasteiger partial charge in [0, 0.05) is 4.70 Å². The Bertz CT molecular complexity index is 525. The average Bonchev–Trinajstić information content (AvgIpc) is 2.45. The Hall–Kier alpha value is -1.60. The first-order chi connectivity index (χ1) is 6.70. The SMILES string of the molecule is N#CCc1cc(F)cc2cc(N)sc12. The second kappa shape index (κ2) is 3.28. The van der Waals surface area contributed by atoms with Gasteiger partial charge in [0.05, 0.1) is 17.5 Å². The van der Waals surface area contributed by atoms with E-state index in [4.69, 9.17) is 11.0 Å². The Labute approximate surface area is 84.4 Å². The molecule has 0 aliphatic heterocycles. The molecule has 2 aromatic rings. The molecule has 70 valence electrons. The van der Waals surface area contributed by atoms with Crippen molar-refractivity contribution in [2.45, 2.75) is 6.42 Å². The van der Waals surface area contributed by atoms with Crippen LogP contribution in [0.4, 0.5) is 9.39 Å². The van der Waals surface area contributed by atoms with Gasteiger partial charge in [-0.05, 0) is 29.1 Å². The standard InChI is InChI=1S/C10H7FN2S/c11-8-3-6(1-2-12)10-7(4-8)5-9(13)14-10/h3-5H,1,13H2. The van der Waals surface area contributed by atoms with Crippen molar-refractivity contribution < 1.29 is 4.39 Å². The summed E-state index contributed by atoms with van der Waals surface area (Å²) in [6.07, 6.45) is 0.216. The zero-order valence-corrected chi connectivity index (χ0v) is 8.07. The summed E-state index contributed by atoms with van der Waals surface area (Å²) in [7, 11) is 0. The van der Waals surface area contributed by atoms with E-state index in [-0.39, 0.29) is 12.2 Å². The first-order valence-corrected chi connectivity index (χ1v) is 4.87. The number of nitrogen functional groups attached to an aromatic ring is 1. The minimum absolute atomic E-state index is 0.216. The molecule has 4 heteroatoms. The molecular formula is C10H7FN2S. The molecule has 1 aromatic carbocycles. The summed E-state index contributed by atoms with van der Waals surface area (Å²) in [5, 5.41) is 10.00. The number of hydrogen-bond acceptors (Lipinski definition) is 3. The summed E-state index contributed by atoms with van der Waals surface area (Å²) in [5.41, 5.74) is 6.33. The highest BCUT2D eigenvalue weighted by molar-refractivity contribution is 7.22. The fraction of sp³-hybridized carbons (Fsp3) is 0.100. The molecule has 0 unspecified atom stereocenters. The predicted molar refractivity (Wildman–Crippen MR) is 55.5 cm³/mol. The van der Waals surface area contributed by atoms with E-state index in [2.05, 4.69) is 0 Å². The van der Waals surface area contributed by atoms with E-state index < -0.39 is 0 Å². The fourth-order valence-electron chi connectivity index (χ4n) is 1.42. The molecule has 0 atom stereocenters. The number of nitriles is 1. The second-order valence-electron chi connectivity index (χ2n) is 2.97. The molecule has 0 fully saturated rings. The highest BCUT2D eigenvalue weighted by Gasteiger charge is 2.07. The summed E-state index contributed by atoms with van der Waals surface area (Å²) in [6.45, 7) is 0. The number of nitrogens with two attached hydrogens (primary N) is 1. The van der Waals surface area contributed by atoms with Crippen LogP contribution in [0, 0.1) is 17.1 Å². The Balaban J connectivity index is 2.74. The van der Waals surface area contributed by atoms with E-state index in [1.165, 1.54) is 23.5 Å². The highest BCUT2D eigenvalue weighted by atomic mass is 32.1. The summed E-state index contributed by atoms with van der Waals surface area (Å²) in [5.74, 6) is -0.319. The van der Waals surface area contributed by atoms with Gasteiger partial charge in [-0.3, -0.25) is 0 Å². The van der Waals surface area contributed by atoms with Crippen LogP contribution in [0.1, 0.15) is 5.56 Å². The van der Waals surface area contributed by atoms with E-state index in [0.29, 0.717) is 10.6 Å². The Morgan fingerprint density at radius 2 is 2.21 bits per heavy atom. The van der Waals surface area contributed by atoms with Crippen molar-refractivity contribution in [1.82, 2.24) is 0 Å². The fourth-order valence-corrected chi connectivity index (χ4v) is 2.34. The lowest BCUT2D eigenvalue weighted by atomic mass is 10.1. The van der Waals surface area contributed by atoms with Crippen LogP contribution in [0.15, 0.2) is 18.2 Å². The largest absolute Gasteiger partial charge is 0.391 e. The van der Waals surface area contributed by atoms with E-state index in [1.807, 2.05) is 6.07 Å². The van der Waals surface area contributed by atoms with Crippen molar-refractivity contribution in [2.24, 2.45) is 0 Å². The number of rotatable bonds is 1. The Morgan fingerprint density at radius 3 is 2.93 bits per heavy atom. The lowest BCUT2D eigenvalue weighted by molar-refractivity contribution is 0.628. The minimum atomic E-state index is -0.319. The van der Waals surface area contributed by atoms with Gasteiger partial charge in [-0.15, -0.1) is 11.3 Å². The van der Waals surface area contributed by atoms with Gasteiger partial charge in [-0.2, -0.15) is 5.26 Å². The maximum Gasteiger partial charge on any atom is 0.124 e. The molecule has 0 saturated carbocycles. The van der Waals surface area contributed by atoms with Crippen LogP contribution in [-0.4, -0.2) is 0 Å². The maximum absolute atomic E-state index is 13.1. The second-order valence-corrected chi connectivity index (χ2v) is 4.05. The van der Waals surface area contributed by atoms with E-state index in [0.717, 1.165) is 10.1 Å². The lowest BCUT2D eigenvalue weighted by Gasteiger charge is -1.97. The van der Waals surface area contributed by atoms with Crippen LogP contribution in [0.5, 0.6) is 0 Å². The van der Waals surface area contributed by atoms with Crippen molar-refractivity contribution in [3.05, 3.63) is 29.6 Å². The monoisotopic (exact) mass is 206 g/mol. The zero-order chi connectivity index (χ0) is 10.1.